The molecule has 1 aromatic carbocycles. The van der Waals surface area contributed by atoms with E-state index in [0.29, 0.717) is 24.8 Å². The van der Waals surface area contributed by atoms with Crippen molar-refractivity contribution in [2.45, 2.75) is 213 Å². The molecule has 11 N–H and O–H groups in total. The van der Waals surface area contributed by atoms with Gasteiger partial charge in [-0.05, 0) is 93.9 Å². The number of hydrogen-bond donors (Lipinski definition) is 11. The van der Waals surface area contributed by atoms with E-state index in [1.807, 2.05) is 34.6 Å². The minimum Gasteiger partial charge on any atom is -0.508 e. The first-order valence-electron chi connectivity index (χ1n) is 29.0. The van der Waals surface area contributed by atoms with Gasteiger partial charge in [-0.25, -0.2) is 9.82 Å². The highest BCUT2D eigenvalue weighted by atomic mass is 19.1. The fourth-order valence-corrected chi connectivity index (χ4v) is 11.7. The number of benzene rings is 1. The van der Waals surface area contributed by atoms with Crippen LogP contribution in [0.3, 0.4) is 0 Å². The number of nitrogens with one attached hydrogen (secondary N) is 4. The molecule has 4 aliphatic rings. The maximum absolute atomic E-state index is 14.6. The van der Waals surface area contributed by atoms with Crippen LogP contribution in [0.25, 0.3) is 0 Å². The first-order chi connectivity index (χ1) is 38.1. The molecule has 5 rings (SSSR count). The summed E-state index contributed by atoms with van der Waals surface area (Å²) in [6, 6.07) is -0.673. The van der Waals surface area contributed by atoms with E-state index in [1.54, 1.807) is 32.9 Å². The molecule has 3 unspecified atom stereocenters. The number of cyclic esters (lactones) is 1. The van der Waals surface area contributed by atoms with Gasteiger partial charge in [0, 0.05) is 67.9 Å². The molecule has 4 amide bonds. The van der Waals surface area contributed by atoms with Crippen LogP contribution in [0.2, 0.25) is 0 Å². The highest BCUT2D eigenvalue weighted by Crippen LogP contribution is 2.46. The number of esters is 1. The number of aliphatic hydroxyl groups excluding tert-OH is 6. The lowest BCUT2D eigenvalue weighted by atomic mass is 9.69. The van der Waals surface area contributed by atoms with Crippen LogP contribution in [0.4, 0.5) is 4.39 Å². The molecule has 2 bridgehead atoms. The fraction of sp³-hybridized carbons (Fsp3) is 0.700. The summed E-state index contributed by atoms with van der Waals surface area (Å²) in [6.45, 7) is 17.3. The van der Waals surface area contributed by atoms with Crippen molar-refractivity contribution in [3.05, 3.63) is 65.5 Å². The van der Waals surface area contributed by atoms with Gasteiger partial charge in [-0.15, -0.1) is 0 Å². The molecular formula is C60H92FN5O15. The number of allylic oxidation sites excluding steroid dienone is 2. The number of piperidine rings is 1. The predicted octanol–water partition coefficient (Wildman–Crippen LogP) is 3.71. The van der Waals surface area contributed by atoms with Crippen molar-refractivity contribution in [3.8, 4) is 5.75 Å². The zero-order valence-corrected chi connectivity index (χ0v) is 48.8. The summed E-state index contributed by atoms with van der Waals surface area (Å²) in [4.78, 5) is 82.3. The van der Waals surface area contributed by atoms with E-state index in [1.165, 1.54) is 38.1 Å². The first kappa shape index (κ1) is 66.7. The van der Waals surface area contributed by atoms with Crippen molar-refractivity contribution < 1.29 is 78.4 Å². The highest BCUT2D eigenvalue weighted by Gasteiger charge is 2.57. The van der Waals surface area contributed by atoms with Crippen LogP contribution in [0.5, 0.6) is 5.75 Å². The number of ether oxygens (including phenoxy) is 2. The molecule has 0 aliphatic carbocycles. The summed E-state index contributed by atoms with van der Waals surface area (Å²) in [6.07, 6.45) is 0.224. The van der Waals surface area contributed by atoms with E-state index in [0.717, 1.165) is 17.1 Å². The van der Waals surface area contributed by atoms with E-state index >= 15 is 0 Å². The molecule has 3 fully saturated rings. The summed E-state index contributed by atoms with van der Waals surface area (Å²) in [5.74, 6) is -8.98. The average molecular weight is 1140 g/mol. The second-order valence-electron chi connectivity index (χ2n) is 23.9. The van der Waals surface area contributed by atoms with E-state index in [2.05, 4.69) is 21.4 Å². The topological polar surface area (TPSA) is 314 Å². The number of carbonyl (C=O) groups is 6. The number of rotatable bonds is 16. The normalized spacial score (nSPS) is 34.8. The smallest absolute Gasteiger partial charge is 0.325 e. The lowest BCUT2D eigenvalue weighted by molar-refractivity contribution is -0.267. The van der Waals surface area contributed by atoms with Crippen molar-refractivity contribution in [2.24, 2.45) is 47.3 Å². The van der Waals surface area contributed by atoms with Crippen molar-refractivity contribution in [2.75, 3.05) is 6.54 Å². The Morgan fingerprint density at radius 1 is 0.901 bits per heavy atom. The summed E-state index contributed by atoms with van der Waals surface area (Å²) >= 11 is 0. The molecule has 20 nitrogen and oxygen atoms in total. The number of aliphatic hydroxyl groups is 6. The molecule has 3 saturated heterocycles. The monoisotopic (exact) mass is 1140 g/mol. The quantitative estimate of drug-likeness (QED) is 0.0830. The van der Waals surface area contributed by atoms with Gasteiger partial charge >= 0.3 is 5.97 Å². The van der Waals surface area contributed by atoms with Gasteiger partial charge < -0.3 is 66.0 Å². The molecular weight excluding hydrogens is 1050 g/mol. The third-order valence-corrected chi connectivity index (χ3v) is 17.4. The van der Waals surface area contributed by atoms with Crippen LogP contribution in [0.1, 0.15) is 139 Å². The van der Waals surface area contributed by atoms with E-state index in [-0.39, 0.29) is 92.9 Å². The highest BCUT2D eigenvalue weighted by molar-refractivity contribution is 5.93. The number of amides is 4. The molecule has 0 aromatic heterocycles. The van der Waals surface area contributed by atoms with Crippen molar-refractivity contribution >= 4 is 35.4 Å². The summed E-state index contributed by atoms with van der Waals surface area (Å²) in [5.41, 5.74) is 2.31. The number of phenols is 1. The van der Waals surface area contributed by atoms with Crippen LogP contribution in [0, 0.1) is 53.2 Å². The second kappa shape index (κ2) is 29.9. The molecule has 19 atom stereocenters. The van der Waals surface area contributed by atoms with E-state index in [4.69, 9.17) is 9.47 Å². The Kier molecular flexibility index (Phi) is 24.6. The Labute approximate surface area is 476 Å². The number of Topliss-reactive ketones (excluding diaryl/α,β-unsaturated/α-hetero) is 1. The lowest BCUT2D eigenvalue weighted by Gasteiger charge is -2.56. The minimum atomic E-state index is -1.51. The van der Waals surface area contributed by atoms with Crippen LogP contribution < -0.4 is 21.4 Å². The fourth-order valence-electron chi connectivity index (χ4n) is 11.7. The van der Waals surface area contributed by atoms with Crippen molar-refractivity contribution in [1.82, 2.24) is 26.4 Å². The molecule has 1 aromatic rings. The number of hydrazine groups is 1. The van der Waals surface area contributed by atoms with E-state index in [9.17, 15) is 68.9 Å². The third kappa shape index (κ3) is 17.5. The number of hydrogen-bond acceptors (Lipinski definition) is 16. The number of carbonyl (C=O) groups excluding carboxylic acids is 6. The van der Waals surface area contributed by atoms with Gasteiger partial charge in [0.05, 0.1) is 48.6 Å². The van der Waals surface area contributed by atoms with Crippen LogP contribution >= 0.6 is 0 Å². The van der Waals surface area contributed by atoms with Gasteiger partial charge in [-0.2, -0.15) is 0 Å². The first-order valence-corrected chi connectivity index (χ1v) is 29.0. The molecule has 0 saturated carbocycles. The van der Waals surface area contributed by atoms with Gasteiger partial charge in [-0.3, -0.25) is 29.0 Å². The standard InChI is InChI=1S/C60H92FN5O15/c1-11-40-25-34(6)60(64-55(40)75)38(10)53(73)37(9)51(81-60)30-48(71)32(4)19-22-47(70)49(72)24-33(5)50-18-14-12-13-17-46(69)36(8)54(74)43(21-20-35(7)67)56(76)63-52(31(2)3)57(77)62-45(28-39-26-41(61)29-42(68)27-39)58(78)66-23-15-16-44(65-66)59(79)80-50/h12-14,17,24,26-27,29,31-32,34,36-38,40,43-54,65,68-74H,11,15-16,18-23,25,28,30H2,1-10H3,(H,62,77)(H,63,76)(H,64,75)/b14-12+,17-13+,33-24+/t32-,34-,36-,37-,38-,40-,43+,44?,45-,46-,47?,48-,49?,50-,51-,52-,53-,54+,60+/m0/s1. The number of ketones is 1. The SMILES string of the molecule is CC[C@H]1C[C@H](C)[C@@]2(NC1=O)O[C@@H](C[C@H](O)[C@@H](C)CCC(O)C(O)/C=C(\C)[C@@H]1C/C=C/C=C/[C@H](O)[C@H](C)[C@@H](O)[C@@H](CCC(C)=O)C(=O)N[C@@H](C(C)C)C(=O)N[C@@H](Cc3cc(O)cc(F)c3)C(=O)N3CCCC(N3)C(=O)O1)[C@H](C)[C@H](O)[C@@H]2C. The van der Waals surface area contributed by atoms with Gasteiger partial charge in [0.15, 0.2) is 0 Å². The summed E-state index contributed by atoms with van der Waals surface area (Å²) in [7, 11) is 0. The molecule has 0 radical (unpaired) electrons. The van der Waals surface area contributed by atoms with Crippen LogP contribution in [-0.2, 0) is 44.7 Å². The average Bonchev–Trinajstić information content (AvgIpc) is 3.52. The second-order valence-corrected chi connectivity index (χ2v) is 23.9. The largest absolute Gasteiger partial charge is 0.508 e. The molecule has 1 spiro atoms. The summed E-state index contributed by atoms with van der Waals surface area (Å²) < 4.78 is 27.4. The molecule has 81 heavy (non-hydrogen) atoms. The Morgan fingerprint density at radius 3 is 2.26 bits per heavy atom. The maximum atomic E-state index is 14.6. The minimum absolute atomic E-state index is 0.0189. The van der Waals surface area contributed by atoms with Gasteiger partial charge in [-0.1, -0.05) is 85.8 Å². The maximum Gasteiger partial charge on any atom is 0.325 e. The number of phenolic OH excluding ortho intramolecular Hbond substituents is 1. The third-order valence-electron chi connectivity index (χ3n) is 17.4. The van der Waals surface area contributed by atoms with Crippen molar-refractivity contribution in [3.63, 3.8) is 0 Å². The number of aromatic hydroxyl groups is 1. The Hall–Kier alpha value is -5.13. The van der Waals surface area contributed by atoms with Crippen LogP contribution in [-0.4, -0.2) is 155 Å². The number of nitrogens with zero attached hydrogens (tertiary/aromatic N) is 1. The Balaban J connectivity index is 1.37. The number of fused-ring (bicyclic) bond motifs is 2. The zero-order chi connectivity index (χ0) is 60.2. The zero-order valence-electron chi connectivity index (χ0n) is 48.8. The molecule has 4 heterocycles. The van der Waals surface area contributed by atoms with Gasteiger partial charge in [0.2, 0.25) is 17.7 Å². The van der Waals surface area contributed by atoms with Gasteiger partial charge in [0.25, 0.3) is 5.91 Å². The van der Waals surface area contributed by atoms with Crippen LogP contribution in [0.15, 0.2) is 54.2 Å². The Morgan fingerprint density at radius 2 is 1.60 bits per heavy atom. The molecule has 4 aliphatic heterocycles. The molecule has 21 heteroatoms. The Bertz CT molecular complexity index is 2400. The lowest BCUT2D eigenvalue weighted by Crippen LogP contribution is -2.71. The van der Waals surface area contributed by atoms with Crippen molar-refractivity contribution in [1.29, 1.82) is 0 Å². The predicted molar refractivity (Wildman–Crippen MR) is 298 cm³/mol. The van der Waals surface area contributed by atoms with Gasteiger partial charge in [0.1, 0.15) is 47.3 Å². The number of halogens is 1. The summed E-state index contributed by atoms with van der Waals surface area (Å²) in [5, 5.41) is 88.4. The molecule has 454 valence electrons. The van der Waals surface area contributed by atoms with E-state index < -0.39 is 138 Å².